The van der Waals surface area contributed by atoms with Crippen molar-refractivity contribution in [3.8, 4) is 0 Å². The summed E-state index contributed by atoms with van der Waals surface area (Å²) in [5.41, 5.74) is 6.64. The van der Waals surface area contributed by atoms with E-state index in [9.17, 15) is 9.18 Å². The number of anilines is 1. The lowest BCUT2D eigenvalue weighted by atomic mass is 10.1. The van der Waals surface area contributed by atoms with Gasteiger partial charge in [-0.05, 0) is 37.0 Å². The van der Waals surface area contributed by atoms with Crippen molar-refractivity contribution in [2.24, 2.45) is 5.73 Å². The molecule has 1 aromatic rings. The van der Waals surface area contributed by atoms with E-state index in [0.29, 0.717) is 24.8 Å². The molecule has 0 aromatic heterocycles. The average molecular weight is 293 g/mol. The van der Waals surface area contributed by atoms with E-state index in [0.717, 1.165) is 18.4 Å². The fraction of sp³-hybridized carbons (Fsp3) is 0.562. The van der Waals surface area contributed by atoms with Crippen molar-refractivity contribution < 1.29 is 9.18 Å². The van der Waals surface area contributed by atoms with Gasteiger partial charge in [-0.25, -0.2) is 4.39 Å². The summed E-state index contributed by atoms with van der Waals surface area (Å²) in [6.45, 7) is 3.44. The lowest BCUT2D eigenvalue weighted by molar-refractivity contribution is -0.116. The van der Waals surface area contributed by atoms with Gasteiger partial charge in [0, 0.05) is 19.1 Å². The predicted octanol–water partition coefficient (Wildman–Crippen LogP) is 2.17. The van der Waals surface area contributed by atoms with Crippen LogP contribution < -0.4 is 16.0 Å². The first-order chi connectivity index (χ1) is 10.1. The summed E-state index contributed by atoms with van der Waals surface area (Å²) in [5.74, 6) is -0.729. The molecule has 1 aromatic carbocycles. The number of nitrogens with one attached hydrogen (secondary N) is 1. The molecule has 3 N–H and O–H groups in total. The summed E-state index contributed by atoms with van der Waals surface area (Å²) in [6, 6.07) is 5.81. The highest BCUT2D eigenvalue weighted by atomic mass is 19.1. The molecule has 0 aliphatic heterocycles. The van der Waals surface area contributed by atoms with Gasteiger partial charge < -0.3 is 16.0 Å². The molecule has 1 amide bonds. The molecular weight excluding hydrogens is 269 g/mol. The number of hydrogen-bond acceptors (Lipinski definition) is 3. The molecular formula is C16H24FN3O. The number of benzene rings is 1. The van der Waals surface area contributed by atoms with Crippen LogP contribution in [0.25, 0.3) is 0 Å². The first-order valence-corrected chi connectivity index (χ1v) is 7.65. The molecule has 2 rings (SSSR count). The zero-order chi connectivity index (χ0) is 15.2. The first kappa shape index (κ1) is 15.8. The van der Waals surface area contributed by atoms with E-state index in [-0.39, 0.29) is 12.4 Å². The summed E-state index contributed by atoms with van der Waals surface area (Å²) in [4.78, 5) is 12.9. The van der Waals surface area contributed by atoms with E-state index in [1.807, 2.05) is 6.07 Å². The van der Waals surface area contributed by atoms with Crippen LogP contribution in [-0.2, 0) is 11.3 Å². The Morgan fingerprint density at radius 1 is 1.48 bits per heavy atom. The summed E-state index contributed by atoms with van der Waals surface area (Å²) in [7, 11) is 0. The standard InChI is InChI=1S/C16H24FN3O/c1-2-3-8-20(11-16(18)21)15-7-4-12(9-14(15)17)10-19-13-5-6-13/h4,7,9,13,19H,2-3,5-6,8,10-11H2,1H3,(H2,18,21). The molecule has 0 radical (unpaired) electrons. The van der Waals surface area contributed by atoms with Crippen LogP contribution in [0.15, 0.2) is 18.2 Å². The monoisotopic (exact) mass is 293 g/mol. The molecule has 0 atom stereocenters. The second-order valence-electron chi connectivity index (χ2n) is 5.68. The Labute approximate surface area is 125 Å². The predicted molar refractivity (Wildman–Crippen MR) is 82.6 cm³/mol. The summed E-state index contributed by atoms with van der Waals surface area (Å²) >= 11 is 0. The van der Waals surface area contributed by atoms with E-state index in [1.165, 1.54) is 12.8 Å². The van der Waals surface area contributed by atoms with E-state index in [1.54, 1.807) is 17.0 Å². The zero-order valence-corrected chi connectivity index (χ0v) is 12.6. The average Bonchev–Trinajstić information content (AvgIpc) is 3.25. The van der Waals surface area contributed by atoms with Gasteiger partial charge in [0.15, 0.2) is 0 Å². The van der Waals surface area contributed by atoms with Gasteiger partial charge in [0.1, 0.15) is 5.82 Å². The molecule has 0 bridgehead atoms. The molecule has 21 heavy (non-hydrogen) atoms. The first-order valence-electron chi connectivity index (χ1n) is 7.65. The third-order valence-electron chi connectivity index (χ3n) is 3.65. The van der Waals surface area contributed by atoms with Gasteiger partial charge in [0.05, 0.1) is 12.2 Å². The molecule has 1 saturated carbocycles. The number of carbonyl (C=O) groups excluding carboxylic acids is 1. The Morgan fingerprint density at radius 3 is 2.81 bits per heavy atom. The molecule has 0 spiro atoms. The fourth-order valence-electron chi connectivity index (χ4n) is 2.29. The lowest BCUT2D eigenvalue weighted by Gasteiger charge is -2.24. The number of unbranched alkanes of at least 4 members (excludes halogenated alkanes) is 1. The summed E-state index contributed by atoms with van der Waals surface area (Å²) in [5, 5.41) is 3.36. The molecule has 0 unspecified atom stereocenters. The highest BCUT2D eigenvalue weighted by Crippen LogP contribution is 2.23. The Kier molecular flexibility index (Phi) is 5.56. The Bertz CT molecular complexity index is 488. The van der Waals surface area contributed by atoms with Gasteiger partial charge in [-0.2, -0.15) is 0 Å². The van der Waals surface area contributed by atoms with E-state index < -0.39 is 5.91 Å². The number of nitrogens with zero attached hydrogens (tertiary/aromatic N) is 1. The molecule has 116 valence electrons. The van der Waals surface area contributed by atoms with Crippen LogP contribution in [0.3, 0.4) is 0 Å². The minimum absolute atomic E-state index is 0.0522. The third-order valence-corrected chi connectivity index (χ3v) is 3.65. The lowest BCUT2D eigenvalue weighted by Crippen LogP contribution is -2.35. The number of carbonyl (C=O) groups is 1. The number of halogens is 1. The van der Waals surface area contributed by atoms with Gasteiger partial charge >= 0.3 is 0 Å². The molecule has 1 aliphatic rings. The van der Waals surface area contributed by atoms with E-state index in [2.05, 4.69) is 12.2 Å². The quantitative estimate of drug-likeness (QED) is 0.733. The smallest absolute Gasteiger partial charge is 0.236 e. The van der Waals surface area contributed by atoms with Crippen molar-refractivity contribution in [3.05, 3.63) is 29.6 Å². The number of primary amides is 1. The maximum atomic E-state index is 14.3. The second-order valence-corrected chi connectivity index (χ2v) is 5.68. The molecule has 0 saturated heterocycles. The van der Waals surface area contributed by atoms with E-state index in [4.69, 9.17) is 5.73 Å². The molecule has 5 heteroatoms. The van der Waals surface area contributed by atoms with Gasteiger partial charge in [-0.1, -0.05) is 19.4 Å². The Morgan fingerprint density at radius 2 is 2.24 bits per heavy atom. The van der Waals surface area contributed by atoms with Crippen molar-refractivity contribution in [1.82, 2.24) is 5.32 Å². The zero-order valence-electron chi connectivity index (χ0n) is 12.6. The molecule has 4 nitrogen and oxygen atoms in total. The molecule has 0 heterocycles. The SMILES string of the molecule is CCCCN(CC(N)=O)c1ccc(CNC2CC2)cc1F. The van der Waals surface area contributed by atoms with Crippen molar-refractivity contribution in [3.63, 3.8) is 0 Å². The minimum atomic E-state index is -0.440. The summed E-state index contributed by atoms with van der Waals surface area (Å²) < 4.78 is 14.3. The fourth-order valence-corrected chi connectivity index (χ4v) is 2.29. The maximum absolute atomic E-state index is 14.3. The van der Waals surface area contributed by atoms with Gasteiger partial charge in [-0.15, -0.1) is 0 Å². The van der Waals surface area contributed by atoms with Gasteiger partial charge in [0.25, 0.3) is 0 Å². The van der Waals surface area contributed by atoms with Crippen molar-refractivity contribution in [1.29, 1.82) is 0 Å². The minimum Gasteiger partial charge on any atom is -0.368 e. The maximum Gasteiger partial charge on any atom is 0.236 e. The van der Waals surface area contributed by atoms with Crippen LogP contribution in [0.2, 0.25) is 0 Å². The van der Waals surface area contributed by atoms with E-state index >= 15 is 0 Å². The van der Waals surface area contributed by atoms with Crippen LogP contribution >= 0.6 is 0 Å². The number of nitrogens with two attached hydrogens (primary N) is 1. The van der Waals surface area contributed by atoms with Crippen LogP contribution in [-0.4, -0.2) is 25.0 Å². The Hall–Kier alpha value is -1.62. The number of hydrogen-bond donors (Lipinski definition) is 2. The van der Waals surface area contributed by atoms with Crippen molar-refractivity contribution in [2.75, 3.05) is 18.0 Å². The van der Waals surface area contributed by atoms with Crippen LogP contribution in [0.4, 0.5) is 10.1 Å². The Balaban J connectivity index is 2.05. The normalized spacial score (nSPS) is 14.2. The largest absolute Gasteiger partial charge is 0.368 e. The molecule has 1 aliphatic carbocycles. The highest BCUT2D eigenvalue weighted by molar-refractivity contribution is 5.79. The second kappa shape index (κ2) is 7.41. The van der Waals surface area contributed by atoms with Crippen LogP contribution in [0.1, 0.15) is 38.2 Å². The number of rotatable bonds is 9. The highest BCUT2D eigenvalue weighted by Gasteiger charge is 2.20. The van der Waals surface area contributed by atoms with Gasteiger partial charge in [-0.3, -0.25) is 4.79 Å². The van der Waals surface area contributed by atoms with Gasteiger partial charge in [0.2, 0.25) is 5.91 Å². The number of amides is 1. The van der Waals surface area contributed by atoms with Crippen molar-refractivity contribution >= 4 is 11.6 Å². The van der Waals surface area contributed by atoms with Crippen LogP contribution in [0.5, 0.6) is 0 Å². The topological polar surface area (TPSA) is 58.4 Å². The van der Waals surface area contributed by atoms with Crippen molar-refractivity contribution in [2.45, 2.75) is 45.2 Å². The van der Waals surface area contributed by atoms with Crippen LogP contribution in [0, 0.1) is 5.82 Å². The molecule has 1 fully saturated rings. The third kappa shape index (κ3) is 5.01. The summed E-state index contributed by atoms with van der Waals surface area (Å²) in [6.07, 6.45) is 4.31.